The molecule has 0 aromatic rings. The quantitative estimate of drug-likeness (QED) is 0.335. The minimum Gasteiger partial charge on any atom is -0.380 e. The number of halogens is 6. The average molecular weight is 268 g/mol. The zero-order chi connectivity index (χ0) is 13.7. The summed E-state index contributed by atoms with van der Waals surface area (Å²) in [5, 5.41) is 0. The van der Waals surface area contributed by atoms with Crippen LogP contribution in [0.1, 0.15) is 13.3 Å². The van der Waals surface area contributed by atoms with Gasteiger partial charge in [-0.05, 0) is 6.42 Å². The fourth-order valence-corrected chi connectivity index (χ4v) is 1.24. The molecule has 0 aromatic heterocycles. The Balaban J connectivity index is 4.75. The molecule has 0 aliphatic rings. The first-order valence-corrected chi connectivity index (χ1v) is 4.81. The molecular formula is C8H14F6N2O. The van der Waals surface area contributed by atoms with Crippen LogP contribution in [0.4, 0.5) is 26.3 Å². The van der Waals surface area contributed by atoms with Gasteiger partial charge in [0, 0.05) is 6.61 Å². The Hall–Kier alpha value is -0.540. The first-order valence-electron chi connectivity index (χ1n) is 4.81. The maximum Gasteiger partial charge on any atom is 0.402 e. The van der Waals surface area contributed by atoms with Gasteiger partial charge in [-0.3, -0.25) is 11.3 Å². The Bertz CT molecular complexity index is 203. The van der Waals surface area contributed by atoms with Crippen molar-refractivity contribution in [2.75, 3.05) is 13.2 Å². The van der Waals surface area contributed by atoms with E-state index in [1.807, 2.05) is 0 Å². The van der Waals surface area contributed by atoms with Crippen LogP contribution in [0.5, 0.6) is 0 Å². The molecule has 104 valence electrons. The van der Waals surface area contributed by atoms with Gasteiger partial charge in [-0.1, -0.05) is 6.92 Å². The second-order valence-corrected chi connectivity index (χ2v) is 3.41. The molecule has 3 nitrogen and oxygen atoms in total. The summed E-state index contributed by atoms with van der Waals surface area (Å²) >= 11 is 0. The summed E-state index contributed by atoms with van der Waals surface area (Å²) in [6, 6.07) is -2.05. The Morgan fingerprint density at radius 2 is 1.59 bits per heavy atom. The first kappa shape index (κ1) is 16.5. The number of nitrogens with two attached hydrogens (primary N) is 1. The van der Waals surface area contributed by atoms with Crippen molar-refractivity contribution in [2.45, 2.75) is 31.7 Å². The van der Waals surface area contributed by atoms with Gasteiger partial charge in [-0.15, -0.1) is 0 Å². The standard InChI is InChI=1S/C8H14F6N2O/c1-2-3-17-4-5(16-15)6(7(9,10)11)8(12,13)14/h5-6,16H,2-4,15H2,1H3. The number of hydrogen-bond acceptors (Lipinski definition) is 3. The lowest BCUT2D eigenvalue weighted by atomic mass is 9.99. The number of alkyl halides is 6. The molecule has 0 aromatic carbocycles. The Kier molecular flexibility index (Phi) is 6.20. The first-order chi connectivity index (χ1) is 7.64. The van der Waals surface area contributed by atoms with Crippen LogP contribution in [0.2, 0.25) is 0 Å². The molecule has 0 radical (unpaired) electrons. The summed E-state index contributed by atoms with van der Waals surface area (Å²) in [4.78, 5) is 0. The monoisotopic (exact) mass is 268 g/mol. The molecule has 0 spiro atoms. The minimum atomic E-state index is -5.43. The van der Waals surface area contributed by atoms with Crippen molar-refractivity contribution in [1.82, 2.24) is 5.43 Å². The van der Waals surface area contributed by atoms with Gasteiger partial charge >= 0.3 is 12.4 Å². The second-order valence-electron chi connectivity index (χ2n) is 3.41. The van der Waals surface area contributed by atoms with Gasteiger partial charge in [0.25, 0.3) is 0 Å². The van der Waals surface area contributed by atoms with E-state index >= 15 is 0 Å². The lowest BCUT2D eigenvalue weighted by Gasteiger charge is -2.29. The molecule has 0 aliphatic carbocycles. The number of hydrazine groups is 1. The van der Waals surface area contributed by atoms with Crippen LogP contribution in [-0.4, -0.2) is 31.6 Å². The predicted molar refractivity (Wildman–Crippen MR) is 47.8 cm³/mol. The van der Waals surface area contributed by atoms with E-state index in [9.17, 15) is 26.3 Å². The Morgan fingerprint density at radius 3 is 1.88 bits per heavy atom. The third kappa shape index (κ3) is 5.55. The molecule has 0 aliphatic heterocycles. The summed E-state index contributed by atoms with van der Waals surface area (Å²) in [5.74, 6) is 1.17. The molecule has 0 heterocycles. The molecule has 0 rings (SSSR count). The van der Waals surface area contributed by atoms with E-state index in [4.69, 9.17) is 5.84 Å². The number of nitrogens with one attached hydrogen (secondary N) is 1. The van der Waals surface area contributed by atoms with Crippen molar-refractivity contribution in [1.29, 1.82) is 0 Å². The Labute approximate surface area is 94.3 Å². The lowest BCUT2D eigenvalue weighted by Crippen LogP contribution is -2.55. The maximum absolute atomic E-state index is 12.3. The topological polar surface area (TPSA) is 47.3 Å². The van der Waals surface area contributed by atoms with Crippen LogP contribution in [0.3, 0.4) is 0 Å². The summed E-state index contributed by atoms with van der Waals surface area (Å²) < 4.78 is 78.4. The van der Waals surface area contributed by atoms with Gasteiger partial charge in [0.1, 0.15) is 0 Å². The van der Waals surface area contributed by atoms with Crippen molar-refractivity contribution in [3.05, 3.63) is 0 Å². The van der Waals surface area contributed by atoms with E-state index in [1.165, 1.54) is 5.43 Å². The van der Waals surface area contributed by atoms with Crippen molar-refractivity contribution in [2.24, 2.45) is 11.8 Å². The smallest absolute Gasteiger partial charge is 0.380 e. The maximum atomic E-state index is 12.3. The highest BCUT2D eigenvalue weighted by atomic mass is 19.4. The molecule has 0 amide bonds. The van der Waals surface area contributed by atoms with Gasteiger partial charge in [-0.25, -0.2) is 0 Å². The van der Waals surface area contributed by atoms with Gasteiger partial charge in [0.15, 0.2) is 5.92 Å². The molecule has 0 saturated carbocycles. The average Bonchev–Trinajstić information content (AvgIpc) is 2.12. The van der Waals surface area contributed by atoms with Crippen LogP contribution in [0, 0.1) is 5.92 Å². The highest BCUT2D eigenvalue weighted by Gasteiger charge is 2.60. The number of rotatable bonds is 6. The van der Waals surface area contributed by atoms with Gasteiger partial charge in [0.05, 0.1) is 12.6 Å². The fraction of sp³-hybridized carbons (Fsp3) is 1.00. The summed E-state index contributed by atoms with van der Waals surface area (Å²) in [6.07, 6.45) is -10.4. The third-order valence-electron chi connectivity index (χ3n) is 1.97. The van der Waals surface area contributed by atoms with Gasteiger partial charge in [-0.2, -0.15) is 26.3 Å². The highest BCUT2D eigenvalue weighted by molar-refractivity contribution is 4.85. The Morgan fingerprint density at radius 1 is 1.12 bits per heavy atom. The lowest BCUT2D eigenvalue weighted by molar-refractivity contribution is -0.294. The van der Waals surface area contributed by atoms with Crippen molar-refractivity contribution in [3.63, 3.8) is 0 Å². The molecule has 1 unspecified atom stereocenters. The molecule has 0 saturated heterocycles. The summed E-state index contributed by atoms with van der Waals surface area (Å²) in [6.45, 7) is 0.991. The molecule has 1 atom stereocenters. The van der Waals surface area contributed by atoms with E-state index in [-0.39, 0.29) is 6.61 Å². The van der Waals surface area contributed by atoms with E-state index in [0.717, 1.165) is 0 Å². The van der Waals surface area contributed by atoms with Crippen LogP contribution in [0.25, 0.3) is 0 Å². The van der Waals surface area contributed by atoms with E-state index in [1.54, 1.807) is 6.92 Å². The SMILES string of the molecule is CCCOCC(NN)C(C(F)(F)F)C(F)(F)F. The van der Waals surface area contributed by atoms with E-state index < -0.39 is 30.9 Å². The van der Waals surface area contributed by atoms with Gasteiger partial charge < -0.3 is 4.74 Å². The molecule has 9 heteroatoms. The van der Waals surface area contributed by atoms with Gasteiger partial charge in [0.2, 0.25) is 0 Å². The van der Waals surface area contributed by atoms with Crippen LogP contribution < -0.4 is 11.3 Å². The molecular weight excluding hydrogens is 254 g/mol. The zero-order valence-corrected chi connectivity index (χ0v) is 9.03. The second kappa shape index (κ2) is 6.41. The molecule has 3 N–H and O–H groups in total. The molecule has 17 heavy (non-hydrogen) atoms. The predicted octanol–water partition coefficient (Wildman–Crippen LogP) is 1.99. The number of hydrogen-bond donors (Lipinski definition) is 2. The highest BCUT2D eigenvalue weighted by Crippen LogP contribution is 2.41. The number of ether oxygens (including phenoxy) is 1. The third-order valence-corrected chi connectivity index (χ3v) is 1.97. The zero-order valence-electron chi connectivity index (χ0n) is 9.03. The minimum absolute atomic E-state index is 0.0701. The van der Waals surface area contributed by atoms with E-state index in [2.05, 4.69) is 4.74 Å². The van der Waals surface area contributed by atoms with Crippen LogP contribution >= 0.6 is 0 Å². The normalized spacial score (nSPS) is 15.4. The summed E-state index contributed by atoms with van der Waals surface area (Å²) in [7, 11) is 0. The van der Waals surface area contributed by atoms with Crippen molar-refractivity contribution in [3.8, 4) is 0 Å². The van der Waals surface area contributed by atoms with Crippen molar-refractivity contribution < 1.29 is 31.1 Å². The van der Waals surface area contributed by atoms with Crippen LogP contribution in [-0.2, 0) is 4.74 Å². The van der Waals surface area contributed by atoms with E-state index in [0.29, 0.717) is 6.42 Å². The molecule has 0 bridgehead atoms. The molecule has 0 fully saturated rings. The largest absolute Gasteiger partial charge is 0.402 e. The fourth-order valence-electron chi connectivity index (χ4n) is 1.24. The summed E-state index contributed by atoms with van der Waals surface area (Å²) in [5.41, 5.74) is 1.51. The van der Waals surface area contributed by atoms with Crippen LogP contribution in [0.15, 0.2) is 0 Å². The van der Waals surface area contributed by atoms with Crippen molar-refractivity contribution >= 4 is 0 Å².